The fraction of sp³-hybridized carbons (Fsp3) is 0.0400. The number of benzene rings is 2. The molecule has 5 aromatic rings. The Morgan fingerprint density at radius 2 is 1.84 bits per heavy atom. The number of esters is 1. The largest absolute Gasteiger partial charge is 0.457 e. The molecule has 3 aromatic heterocycles. The molecule has 32 heavy (non-hydrogen) atoms. The Bertz CT molecular complexity index is 1500. The summed E-state index contributed by atoms with van der Waals surface area (Å²) in [7, 11) is 0. The van der Waals surface area contributed by atoms with Crippen molar-refractivity contribution in [3.63, 3.8) is 0 Å². The van der Waals surface area contributed by atoms with Gasteiger partial charge in [-0.25, -0.2) is 14.6 Å². The highest BCUT2D eigenvalue weighted by molar-refractivity contribution is 6.07. The number of ether oxygens (including phenoxy) is 2. The van der Waals surface area contributed by atoms with Crippen LogP contribution in [0.25, 0.3) is 21.7 Å². The van der Waals surface area contributed by atoms with Crippen LogP contribution in [0.3, 0.4) is 0 Å². The fourth-order valence-corrected chi connectivity index (χ4v) is 3.50. The predicted octanol–water partition coefficient (Wildman–Crippen LogP) is 4.89. The average molecular weight is 424 g/mol. The zero-order valence-corrected chi connectivity index (χ0v) is 16.7. The van der Waals surface area contributed by atoms with Crippen molar-refractivity contribution in [1.29, 1.82) is 0 Å². The van der Waals surface area contributed by atoms with Crippen LogP contribution in [0.1, 0.15) is 15.9 Å². The zero-order valence-electron chi connectivity index (χ0n) is 16.7. The highest BCUT2D eigenvalue weighted by Crippen LogP contribution is 2.28. The van der Waals surface area contributed by atoms with Gasteiger partial charge in [0.05, 0.1) is 6.20 Å². The van der Waals surface area contributed by atoms with Gasteiger partial charge >= 0.3 is 11.6 Å². The van der Waals surface area contributed by atoms with Crippen molar-refractivity contribution in [3.8, 4) is 11.6 Å². The van der Waals surface area contributed by atoms with Crippen molar-refractivity contribution in [3.05, 3.63) is 107 Å². The monoisotopic (exact) mass is 424 g/mol. The highest BCUT2D eigenvalue weighted by Gasteiger charge is 2.18. The minimum Gasteiger partial charge on any atom is -0.457 e. The van der Waals surface area contributed by atoms with Gasteiger partial charge in [-0.3, -0.25) is 4.98 Å². The Hall–Kier alpha value is -4.52. The first-order valence-corrected chi connectivity index (χ1v) is 9.83. The Balaban J connectivity index is 1.46. The molecular weight excluding hydrogens is 408 g/mol. The molecule has 0 bridgehead atoms. The fourth-order valence-electron chi connectivity index (χ4n) is 3.50. The summed E-state index contributed by atoms with van der Waals surface area (Å²) < 4.78 is 16.6. The van der Waals surface area contributed by atoms with Crippen molar-refractivity contribution >= 4 is 27.7 Å². The van der Waals surface area contributed by atoms with Gasteiger partial charge in [0.1, 0.15) is 23.5 Å². The molecule has 0 saturated heterocycles. The van der Waals surface area contributed by atoms with Crippen LogP contribution in [0.4, 0.5) is 0 Å². The van der Waals surface area contributed by atoms with Crippen molar-refractivity contribution < 1.29 is 18.7 Å². The lowest BCUT2D eigenvalue weighted by Gasteiger charge is -2.11. The summed E-state index contributed by atoms with van der Waals surface area (Å²) in [5.41, 5.74) is 0.638. The molecule has 0 radical (unpaired) electrons. The number of carbonyl (C=O) groups is 1. The highest BCUT2D eigenvalue weighted by atomic mass is 16.5. The summed E-state index contributed by atoms with van der Waals surface area (Å²) in [5, 5.41) is 2.62. The zero-order chi connectivity index (χ0) is 21.9. The van der Waals surface area contributed by atoms with Crippen molar-refractivity contribution in [2.45, 2.75) is 6.61 Å². The van der Waals surface area contributed by atoms with Crippen LogP contribution in [0, 0.1) is 0 Å². The molecular formula is C25H16N2O5. The topological polar surface area (TPSA) is 91.5 Å². The van der Waals surface area contributed by atoms with E-state index < -0.39 is 11.6 Å². The van der Waals surface area contributed by atoms with E-state index in [4.69, 9.17) is 13.9 Å². The Kier molecular flexibility index (Phi) is 5.05. The third-order valence-corrected chi connectivity index (χ3v) is 4.91. The second-order valence-corrected chi connectivity index (χ2v) is 6.97. The number of pyridine rings is 2. The lowest BCUT2D eigenvalue weighted by atomic mass is 10.0. The third-order valence-electron chi connectivity index (χ3n) is 4.91. The van der Waals surface area contributed by atoms with E-state index in [2.05, 4.69) is 9.97 Å². The van der Waals surface area contributed by atoms with Gasteiger partial charge in [-0.1, -0.05) is 30.3 Å². The number of carbonyl (C=O) groups excluding carboxylic acids is 1. The predicted molar refractivity (Wildman–Crippen MR) is 118 cm³/mol. The van der Waals surface area contributed by atoms with E-state index in [1.807, 2.05) is 30.3 Å². The smallest absolute Gasteiger partial charge is 0.344 e. The normalized spacial score (nSPS) is 10.9. The van der Waals surface area contributed by atoms with Crippen LogP contribution in [0.2, 0.25) is 0 Å². The summed E-state index contributed by atoms with van der Waals surface area (Å²) in [6.45, 7) is -0.115. The van der Waals surface area contributed by atoms with E-state index in [-0.39, 0.29) is 18.1 Å². The quantitative estimate of drug-likeness (QED) is 0.225. The van der Waals surface area contributed by atoms with Gasteiger partial charge in [-0.15, -0.1) is 0 Å². The van der Waals surface area contributed by atoms with Crippen molar-refractivity contribution in [2.75, 3.05) is 0 Å². The molecule has 5 rings (SSSR count). The van der Waals surface area contributed by atoms with Gasteiger partial charge in [0.15, 0.2) is 0 Å². The number of hydrogen-bond acceptors (Lipinski definition) is 7. The molecule has 7 heteroatoms. The molecule has 7 nitrogen and oxygen atoms in total. The summed E-state index contributed by atoms with van der Waals surface area (Å²) in [6.07, 6.45) is 4.65. The molecule has 0 aliphatic rings. The van der Waals surface area contributed by atoms with E-state index >= 15 is 0 Å². The number of hydrogen-bond donors (Lipinski definition) is 0. The average Bonchev–Trinajstić information content (AvgIpc) is 2.83. The summed E-state index contributed by atoms with van der Waals surface area (Å²) >= 11 is 0. The van der Waals surface area contributed by atoms with Crippen LogP contribution >= 0.6 is 0 Å². The Morgan fingerprint density at radius 3 is 2.72 bits per heavy atom. The lowest BCUT2D eigenvalue weighted by Crippen LogP contribution is -2.10. The van der Waals surface area contributed by atoms with Crippen molar-refractivity contribution in [2.24, 2.45) is 0 Å². The molecule has 2 aromatic carbocycles. The summed E-state index contributed by atoms with van der Waals surface area (Å²) in [6, 6.07) is 19.3. The minimum absolute atomic E-state index is 0.105. The molecule has 0 unspecified atom stereocenters. The van der Waals surface area contributed by atoms with E-state index in [9.17, 15) is 9.59 Å². The molecule has 0 fully saturated rings. The maximum Gasteiger partial charge on any atom is 0.344 e. The van der Waals surface area contributed by atoms with Crippen LogP contribution in [0.15, 0.2) is 94.5 Å². The van der Waals surface area contributed by atoms with Crippen LogP contribution < -0.4 is 10.4 Å². The molecule has 0 aliphatic heterocycles. The maximum atomic E-state index is 12.9. The van der Waals surface area contributed by atoms with E-state index in [0.717, 1.165) is 16.2 Å². The SMILES string of the molecule is O=C(OCc1cc(=O)oc2ccc3ccccc3c12)c1cccnc1Oc1cccnc1. The second-order valence-electron chi connectivity index (χ2n) is 6.97. The number of fused-ring (bicyclic) bond motifs is 3. The molecule has 156 valence electrons. The summed E-state index contributed by atoms with van der Waals surface area (Å²) in [4.78, 5) is 33.0. The van der Waals surface area contributed by atoms with E-state index in [1.165, 1.54) is 18.5 Å². The van der Waals surface area contributed by atoms with Crippen molar-refractivity contribution in [1.82, 2.24) is 9.97 Å². The van der Waals surface area contributed by atoms with Gasteiger partial charge in [0.25, 0.3) is 0 Å². The molecule has 0 aliphatic carbocycles. The minimum atomic E-state index is -0.626. The van der Waals surface area contributed by atoms with Gasteiger partial charge in [-0.2, -0.15) is 0 Å². The molecule has 0 amide bonds. The standard InChI is InChI=1S/C25H16N2O5/c28-22-13-17(23-19-7-2-1-5-16(19)9-10-21(23)32-22)15-30-25(29)20-8-4-12-27-24(20)31-18-6-3-11-26-14-18/h1-14H,15H2. The molecule has 3 heterocycles. The number of rotatable bonds is 5. The first kappa shape index (κ1) is 19.4. The maximum absolute atomic E-state index is 12.9. The van der Waals surface area contributed by atoms with Gasteiger partial charge in [0.2, 0.25) is 5.88 Å². The third kappa shape index (κ3) is 3.79. The van der Waals surface area contributed by atoms with E-state index in [1.54, 1.807) is 36.5 Å². The van der Waals surface area contributed by atoms with Gasteiger partial charge in [-0.05, 0) is 41.1 Å². The Morgan fingerprint density at radius 1 is 0.969 bits per heavy atom. The number of nitrogens with zero attached hydrogens (tertiary/aromatic N) is 2. The number of aromatic nitrogens is 2. The Labute approximate surface area is 181 Å². The van der Waals surface area contributed by atoms with E-state index in [0.29, 0.717) is 16.9 Å². The first-order chi connectivity index (χ1) is 15.7. The molecule has 0 saturated carbocycles. The van der Waals surface area contributed by atoms with Crippen LogP contribution in [-0.2, 0) is 11.3 Å². The molecule has 0 spiro atoms. The van der Waals surface area contributed by atoms with Gasteiger partial charge in [0, 0.05) is 29.4 Å². The molecule has 0 N–H and O–H groups in total. The first-order valence-electron chi connectivity index (χ1n) is 9.83. The summed E-state index contributed by atoms with van der Waals surface area (Å²) in [5.74, 6) is -0.0783. The van der Waals surface area contributed by atoms with Crippen LogP contribution in [0.5, 0.6) is 11.6 Å². The lowest BCUT2D eigenvalue weighted by molar-refractivity contribution is 0.0470. The van der Waals surface area contributed by atoms with Gasteiger partial charge < -0.3 is 13.9 Å². The molecule has 0 atom stereocenters. The second kappa shape index (κ2) is 8.31. The van der Waals surface area contributed by atoms with Crippen LogP contribution in [-0.4, -0.2) is 15.9 Å².